The van der Waals surface area contributed by atoms with Crippen molar-refractivity contribution in [3.05, 3.63) is 65.7 Å². The minimum atomic E-state index is -1.02. The average molecular weight is 460 g/mol. The first-order valence-electron chi connectivity index (χ1n) is 10.6. The molecule has 0 bridgehead atoms. The number of aromatic hydroxyl groups is 1. The zero-order valence-electron chi connectivity index (χ0n) is 18.9. The third kappa shape index (κ3) is 11.2. The first kappa shape index (κ1) is 27.8. The summed E-state index contributed by atoms with van der Waals surface area (Å²) in [4.78, 5) is 33.7. The van der Waals surface area contributed by atoms with Gasteiger partial charge < -0.3 is 32.2 Å². The van der Waals surface area contributed by atoms with E-state index in [1.165, 1.54) is 12.1 Å². The number of phenols is 1. The van der Waals surface area contributed by atoms with Gasteiger partial charge in [0.1, 0.15) is 23.9 Å². The molecule has 0 radical (unpaired) electrons. The fourth-order valence-electron chi connectivity index (χ4n) is 2.78. The predicted molar refractivity (Wildman–Crippen MR) is 124 cm³/mol. The number of hydrogen-bond acceptors (Lipinski definition) is 8. The molecule has 0 aliphatic rings. The van der Waals surface area contributed by atoms with Gasteiger partial charge in [-0.1, -0.05) is 56.3 Å². The van der Waals surface area contributed by atoms with Crippen molar-refractivity contribution in [2.45, 2.75) is 51.2 Å². The van der Waals surface area contributed by atoms with Crippen LogP contribution in [-0.4, -0.2) is 46.2 Å². The summed E-state index contributed by atoms with van der Waals surface area (Å²) >= 11 is 0. The first-order chi connectivity index (χ1) is 15.5. The van der Waals surface area contributed by atoms with E-state index in [1.807, 2.05) is 44.2 Å². The van der Waals surface area contributed by atoms with Crippen LogP contribution in [0.25, 0.3) is 0 Å². The molecule has 8 N–H and O–H groups in total. The number of nitrogens with two attached hydrogens (primary N) is 3. The lowest BCUT2D eigenvalue weighted by Crippen LogP contribution is -2.41. The van der Waals surface area contributed by atoms with E-state index in [0.29, 0.717) is 12.8 Å². The fraction of sp³-hybridized carbons (Fsp3) is 0.375. The molecule has 0 saturated heterocycles. The standard InChI is InChI=1S/C15H22N2O3.C9H11NO3/c1-10(2)8-12(16)14(18)20-15(19)13(17)9-11-6-4-3-5-7-11;10-8(9(12)13)5-6-1-3-7(11)4-2-6/h3-7,10,12-13H,8-9,16-17H2,1-2H3;1-4,8,11H,5,10H2,(H,12,13)/t12-,13-;8-/m00/s1. The average Bonchev–Trinajstić information content (AvgIpc) is 2.75. The van der Waals surface area contributed by atoms with E-state index < -0.39 is 36.0 Å². The van der Waals surface area contributed by atoms with E-state index in [2.05, 4.69) is 0 Å². The lowest BCUT2D eigenvalue weighted by Gasteiger charge is -2.14. The minimum absolute atomic E-state index is 0.160. The Morgan fingerprint density at radius 2 is 1.27 bits per heavy atom. The summed E-state index contributed by atoms with van der Waals surface area (Å²) in [6, 6.07) is 13.1. The van der Waals surface area contributed by atoms with Crippen LogP contribution in [0.4, 0.5) is 0 Å². The molecule has 0 aliphatic carbocycles. The maximum Gasteiger partial charge on any atom is 0.330 e. The van der Waals surface area contributed by atoms with Crippen LogP contribution in [0.15, 0.2) is 54.6 Å². The number of ether oxygens (including phenoxy) is 1. The normalized spacial score (nSPS) is 13.3. The third-order valence-electron chi connectivity index (χ3n) is 4.54. The number of carbonyl (C=O) groups is 3. The van der Waals surface area contributed by atoms with Gasteiger partial charge in [-0.3, -0.25) is 4.79 Å². The largest absolute Gasteiger partial charge is 0.508 e. The Morgan fingerprint density at radius 1 is 0.788 bits per heavy atom. The summed E-state index contributed by atoms with van der Waals surface area (Å²) in [6.45, 7) is 3.88. The molecular formula is C24H33N3O6. The van der Waals surface area contributed by atoms with Gasteiger partial charge in [-0.05, 0) is 48.4 Å². The van der Waals surface area contributed by atoms with Gasteiger partial charge >= 0.3 is 17.9 Å². The Morgan fingerprint density at radius 3 is 1.79 bits per heavy atom. The van der Waals surface area contributed by atoms with Gasteiger partial charge in [-0.25, -0.2) is 9.59 Å². The van der Waals surface area contributed by atoms with Crippen molar-refractivity contribution < 1.29 is 29.3 Å². The molecule has 2 aromatic rings. The smallest absolute Gasteiger partial charge is 0.330 e. The van der Waals surface area contributed by atoms with Crippen molar-refractivity contribution in [2.75, 3.05) is 0 Å². The second kappa shape index (κ2) is 14.0. The highest BCUT2D eigenvalue weighted by Crippen LogP contribution is 2.11. The molecule has 0 aliphatic heterocycles. The van der Waals surface area contributed by atoms with Gasteiger partial charge in [0.25, 0.3) is 0 Å². The molecule has 9 heteroatoms. The number of carboxylic acid groups (broad SMARTS) is 1. The van der Waals surface area contributed by atoms with Crippen LogP contribution >= 0.6 is 0 Å². The zero-order valence-corrected chi connectivity index (χ0v) is 18.9. The van der Waals surface area contributed by atoms with Crippen LogP contribution in [0.1, 0.15) is 31.4 Å². The molecule has 33 heavy (non-hydrogen) atoms. The highest BCUT2D eigenvalue weighted by molar-refractivity contribution is 5.90. The Balaban J connectivity index is 0.000000361. The maximum absolute atomic E-state index is 11.7. The van der Waals surface area contributed by atoms with Crippen LogP contribution in [0, 0.1) is 5.92 Å². The van der Waals surface area contributed by atoms with Crippen molar-refractivity contribution in [1.82, 2.24) is 0 Å². The van der Waals surface area contributed by atoms with Crippen LogP contribution in [0.5, 0.6) is 5.75 Å². The van der Waals surface area contributed by atoms with Gasteiger partial charge in [-0.15, -0.1) is 0 Å². The Hall–Kier alpha value is -3.27. The van der Waals surface area contributed by atoms with Gasteiger partial charge in [0.2, 0.25) is 0 Å². The molecule has 0 unspecified atom stereocenters. The summed E-state index contributed by atoms with van der Waals surface area (Å²) in [6.07, 6.45) is 1.07. The van der Waals surface area contributed by atoms with E-state index >= 15 is 0 Å². The number of phenolic OH excluding ortho intramolecular Hbond substituents is 1. The van der Waals surface area contributed by atoms with Crippen LogP contribution in [0.2, 0.25) is 0 Å². The van der Waals surface area contributed by atoms with Crippen molar-refractivity contribution in [1.29, 1.82) is 0 Å². The Labute approximate surface area is 193 Å². The van der Waals surface area contributed by atoms with Crippen LogP contribution < -0.4 is 17.2 Å². The van der Waals surface area contributed by atoms with E-state index in [9.17, 15) is 14.4 Å². The summed E-state index contributed by atoms with van der Waals surface area (Å²) in [7, 11) is 0. The van der Waals surface area contributed by atoms with Crippen LogP contribution in [0.3, 0.4) is 0 Å². The number of benzene rings is 2. The summed E-state index contributed by atoms with van der Waals surface area (Å²) in [5.74, 6) is -2.06. The Kier molecular flexibility index (Phi) is 11.8. The van der Waals surface area contributed by atoms with E-state index in [4.69, 9.17) is 32.2 Å². The quantitative estimate of drug-likeness (QED) is 0.273. The summed E-state index contributed by atoms with van der Waals surface area (Å²) in [5, 5.41) is 17.5. The molecular weight excluding hydrogens is 426 g/mol. The molecule has 0 amide bonds. The highest BCUT2D eigenvalue weighted by atomic mass is 16.6. The van der Waals surface area contributed by atoms with Crippen LogP contribution in [-0.2, 0) is 32.0 Å². The number of aliphatic carboxylic acids is 1. The van der Waals surface area contributed by atoms with Crippen molar-refractivity contribution in [2.24, 2.45) is 23.1 Å². The molecule has 9 nitrogen and oxygen atoms in total. The molecule has 0 heterocycles. The van der Waals surface area contributed by atoms with E-state index in [1.54, 1.807) is 12.1 Å². The van der Waals surface area contributed by atoms with Gasteiger partial charge in [0.05, 0.1) is 0 Å². The van der Waals surface area contributed by atoms with Gasteiger partial charge in [-0.2, -0.15) is 0 Å². The first-order valence-corrected chi connectivity index (χ1v) is 10.6. The summed E-state index contributed by atoms with van der Waals surface area (Å²) < 4.78 is 4.72. The Bertz CT molecular complexity index is 887. The topological polar surface area (TPSA) is 179 Å². The van der Waals surface area contributed by atoms with Crippen molar-refractivity contribution in [3.63, 3.8) is 0 Å². The molecule has 3 atom stereocenters. The number of esters is 2. The second-order valence-electron chi connectivity index (χ2n) is 8.09. The van der Waals surface area contributed by atoms with Gasteiger partial charge in [0, 0.05) is 0 Å². The van der Waals surface area contributed by atoms with Crippen molar-refractivity contribution >= 4 is 17.9 Å². The molecule has 0 saturated carbocycles. The number of carbonyl (C=O) groups excluding carboxylic acids is 2. The highest BCUT2D eigenvalue weighted by Gasteiger charge is 2.23. The number of carboxylic acids is 1. The molecule has 0 aromatic heterocycles. The third-order valence-corrected chi connectivity index (χ3v) is 4.54. The van der Waals surface area contributed by atoms with Crippen molar-refractivity contribution in [3.8, 4) is 5.75 Å². The number of rotatable bonds is 9. The fourth-order valence-corrected chi connectivity index (χ4v) is 2.78. The lowest BCUT2D eigenvalue weighted by atomic mass is 10.0. The predicted octanol–water partition coefficient (Wildman–Crippen LogP) is 1.35. The number of hydrogen-bond donors (Lipinski definition) is 5. The molecule has 0 spiro atoms. The zero-order chi connectivity index (χ0) is 25.0. The SMILES string of the molecule is CC(C)C[C@H](N)C(=O)OC(=O)[C@@H](N)Cc1ccccc1.N[C@@H](Cc1ccc(O)cc1)C(=O)O. The molecule has 0 fully saturated rings. The lowest BCUT2D eigenvalue weighted by molar-refractivity contribution is -0.161. The maximum atomic E-state index is 11.7. The second-order valence-corrected chi connectivity index (χ2v) is 8.09. The van der Waals surface area contributed by atoms with E-state index in [0.717, 1.165) is 11.1 Å². The molecule has 2 rings (SSSR count). The van der Waals surface area contributed by atoms with Gasteiger partial charge in [0.15, 0.2) is 0 Å². The minimum Gasteiger partial charge on any atom is -0.508 e. The monoisotopic (exact) mass is 459 g/mol. The summed E-state index contributed by atoms with van der Waals surface area (Å²) in [5.41, 5.74) is 18.4. The van der Waals surface area contributed by atoms with E-state index in [-0.39, 0.29) is 18.1 Å². The molecule has 180 valence electrons. The molecule has 2 aromatic carbocycles.